The molecule has 0 saturated carbocycles. The minimum atomic E-state index is 0.471. The first-order valence-corrected chi connectivity index (χ1v) is 6.29. The number of hydrazine groups is 1. The van der Waals surface area contributed by atoms with Crippen LogP contribution in [0.25, 0.3) is 0 Å². The number of nitrogens with one attached hydrogen (secondary N) is 1. The first-order chi connectivity index (χ1) is 7.93. The van der Waals surface area contributed by atoms with Gasteiger partial charge in [-0.05, 0) is 19.4 Å². The van der Waals surface area contributed by atoms with Crippen molar-refractivity contribution in [2.24, 2.45) is 17.4 Å². The van der Waals surface area contributed by atoms with Crippen LogP contribution in [0.3, 0.4) is 0 Å². The number of morpholine rings is 1. The summed E-state index contributed by atoms with van der Waals surface area (Å²) in [4.78, 5) is 0. The standard InChI is InChI=1S/C11H24N2O.H4N2/c12-7-5-3-1-2-4-6-11-10-13-8-9-14-11;1-2/h11,13H,1-10,12H2;1-2H2. The second-order valence-electron chi connectivity index (χ2n) is 4.04. The summed E-state index contributed by atoms with van der Waals surface area (Å²) in [6.45, 7) is 3.79. The van der Waals surface area contributed by atoms with Gasteiger partial charge in [0.05, 0.1) is 12.7 Å². The van der Waals surface area contributed by atoms with Crippen molar-refractivity contribution in [3.8, 4) is 0 Å². The molecule has 1 aliphatic heterocycles. The molecule has 0 amide bonds. The van der Waals surface area contributed by atoms with E-state index in [1.807, 2.05) is 0 Å². The summed E-state index contributed by atoms with van der Waals surface area (Å²) in [7, 11) is 0. The second-order valence-corrected chi connectivity index (χ2v) is 4.04. The molecule has 0 radical (unpaired) electrons. The Morgan fingerprint density at radius 1 is 1.06 bits per heavy atom. The average molecular weight is 232 g/mol. The first kappa shape index (κ1) is 15.8. The number of hydrogen-bond donors (Lipinski definition) is 4. The lowest BCUT2D eigenvalue weighted by atomic mass is 10.1. The Kier molecular flexibility index (Phi) is 12.7. The summed E-state index contributed by atoms with van der Waals surface area (Å²) in [5.74, 6) is 8.00. The third kappa shape index (κ3) is 9.06. The SMILES string of the molecule is NCCCCCCCC1CNCCO1.NN. The molecule has 0 bridgehead atoms. The Bertz CT molecular complexity index is 129. The number of hydrogen-bond acceptors (Lipinski definition) is 5. The second kappa shape index (κ2) is 12.9. The highest BCUT2D eigenvalue weighted by molar-refractivity contribution is 4.66. The Balaban J connectivity index is 0.00000106. The molecule has 0 aliphatic carbocycles. The van der Waals surface area contributed by atoms with E-state index in [0.717, 1.165) is 26.2 Å². The third-order valence-corrected chi connectivity index (χ3v) is 2.73. The summed E-state index contributed by atoms with van der Waals surface area (Å²) in [5, 5.41) is 3.35. The molecule has 1 saturated heterocycles. The first-order valence-electron chi connectivity index (χ1n) is 6.29. The van der Waals surface area contributed by atoms with E-state index >= 15 is 0 Å². The molecule has 7 N–H and O–H groups in total. The van der Waals surface area contributed by atoms with Crippen molar-refractivity contribution in [1.29, 1.82) is 0 Å². The van der Waals surface area contributed by atoms with Crippen LogP contribution in [0.1, 0.15) is 38.5 Å². The minimum absolute atomic E-state index is 0.471. The summed E-state index contributed by atoms with van der Waals surface area (Å²) in [5.41, 5.74) is 5.43. The molecule has 0 spiro atoms. The van der Waals surface area contributed by atoms with Gasteiger partial charge in [-0.2, -0.15) is 0 Å². The van der Waals surface area contributed by atoms with Gasteiger partial charge >= 0.3 is 0 Å². The Hall–Kier alpha value is -0.200. The summed E-state index contributed by atoms with van der Waals surface area (Å²) >= 11 is 0. The van der Waals surface area contributed by atoms with Crippen molar-refractivity contribution in [3.63, 3.8) is 0 Å². The Morgan fingerprint density at radius 3 is 2.38 bits per heavy atom. The van der Waals surface area contributed by atoms with Crippen LogP contribution in [0, 0.1) is 0 Å². The van der Waals surface area contributed by atoms with Gasteiger partial charge in [0.15, 0.2) is 0 Å². The molecule has 1 atom stereocenters. The molecule has 0 aromatic heterocycles. The zero-order chi connectivity index (χ0) is 12.1. The molecule has 1 fully saturated rings. The van der Waals surface area contributed by atoms with E-state index in [0.29, 0.717) is 6.10 Å². The van der Waals surface area contributed by atoms with E-state index in [4.69, 9.17) is 10.5 Å². The summed E-state index contributed by atoms with van der Waals surface area (Å²) < 4.78 is 5.62. The number of ether oxygens (including phenoxy) is 1. The highest BCUT2D eigenvalue weighted by Gasteiger charge is 2.11. The minimum Gasteiger partial charge on any atom is -0.376 e. The largest absolute Gasteiger partial charge is 0.376 e. The van der Waals surface area contributed by atoms with E-state index in [9.17, 15) is 0 Å². The predicted octanol–water partition coefficient (Wildman–Crippen LogP) is 0.0929. The maximum Gasteiger partial charge on any atom is 0.0700 e. The molecule has 1 heterocycles. The third-order valence-electron chi connectivity index (χ3n) is 2.73. The van der Waals surface area contributed by atoms with Crippen molar-refractivity contribution in [2.75, 3.05) is 26.2 Å². The monoisotopic (exact) mass is 232 g/mol. The van der Waals surface area contributed by atoms with Crippen molar-refractivity contribution in [2.45, 2.75) is 44.6 Å². The normalized spacial score (nSPS) is 20.1. The molecular formula is C11H28N4O. The zero-order valence-corrected chi connectivity index (χ0v) is 10.3. The van der Waals surface area contributed by atoms with E-state index in [2.05, 4.69) is 17.0 Å². The van der Waals surface area contributed by atoms with Crippen molar-refractivity contribution in [3.05, 3.63) is 0 Å². The molecule has 0 aromatic rings. The Morgan fingerprint density at radius 2 is 1.75 bits per heavy atom. The lowest BCUT2D eigenvalue weighted by Gasteiger charge is -2.23. The van der Waals surface area contributed by atoms with Gasteiger partial charge < -0.3 is 15.8 Å². The van der Waals surface area contributed by atoms with Crippen LogP contribution in [0.5, 0.6) is 0 Å². The molecular weight excluding hydrogens is 204 g/mol. The van der Waals surface area contributed by atoms with E-state index in [1.165, 1.54) is 38.5 Å². The maximum absolute atomic E-state index is 5.62. The van der Waals surface area contributed by atoms with Crippen LogP contribution >= 0.6 is 0 Å². The van der Waals surface area contributed by atoms with Crippen LogP contribution in [0.2, 0.25) is 0 Å². The topological polar surface area (TPSA) is 99.3 Å². The van der Waals surface area contributed by atoms with Crippen molar-refractivity contribution < 1.29 is 4.74 Å². The number of unbranched alkanes of at least 4 members (excludes halogenated alkanes) is 4. The van der Waals surface area contributed by atoms with Gasteiger partial charge in [-0.25, -0.2) is 0 Å². The molecule has 16 heavy (non-hydrogen) atoms. The van der Waals surface area contributed by atoms with Crippen LogP contribution in [-0.2, 0) is 4.74 Å². The molecule has 5 nitrogen and oxygen atoms in total. The maximum atomic E-state index is 5.62. The quantitative estimate of drug-likeness (QED) is 0.283. The van der Waals surface area contributed by atoms with Crippen LogP contribution in [0.4, 0.5) is 0 Å². The molecule has 1 aliphatic rings. The van der Waals surface area contributed by atoms with Crippen LogP contribution < -0.4 is 22.7 Å². The van der Waals surface area contributed by atoms with Crippen molar-refractivity contribution >= 4 is 0 Å². The molecule has 1 rings (SSSR count). The van der Waals surface area contributed by atoms with Gasteiger partial charge in [-0.1, -0.05) is 25.7 Å². The fourth-order valence-corrected chi connectivity index (χ4v) is 1.85. The fraction of sp³-hybridized carbons (Fsp3) is 1.00. The molecule has 98 valence electrons. The van der Waals surface area contributed by atoms with Crippen LogP contribution in [0.15, 0.2) is 0 Å². The summed E-state index contributed by atoms with van der Waals surface area (Å²) in [6.07, 6.45) is 8.13. The summed E-state index contributed by atoms with van der Waals surface area (Å²) in [6, 6.07) is 0. The lowest BCUT2D eigenvalue weighted by Crippen LogP contribution is -2.38. The average Bonchev–Trinajstić information content (AvgIpc) is 2.37. The highest BCUT2D eigenvalue weighted by atomic mass is 16.5. The smallest absolute Gasteiger partial charge is 0.0700 e. The van der Waals surface area contributed by atoms with Gasteiger partial charge in [0, 0.05) is 13.1 Å². The number of rotatable bonds is 7. The molecule has 5 heteroatoms. The highest BCUT2D eigenvalue weighted by Crippen LogP contribution is 2.10. The van der Waals surface area contributed by atoms with Gasteiger partial charge in [0.2, 0.25) is 0 Å². The lowest BCUT2D eigenvalue weighted by molar-refractivity contribution is 0.0220. The molecule has 1 unspecified atom stereocenters. The van der Waals surface area contributed by atoms with Crippen LogP contribution in [-0.4, -0.2) is 32.3 Å². The van der Waals surface area contributed by atoms with Crippen molar-refractivity contribution in [1.82, 2.24) is 5.32 Å². The number of nitrogens with two attached hydrogens (primary N) is 3. The fourth-order valence-electron chi connectivity index (χ4n) is 1.85. The zero-order valence-electron chi connectivity index (χ0n) is 10.3. The van der Waals surface area contributed by atoms with Gasteiger partial charge in [-0.15, -0.1) is 0 Å². The van der Waals surface area contributed by atoms with E-state index in [1.54, 1.807) is 0 Å². The van der Waals surface area contributed by atoms with E-state index in [-0.39, 0.29) is 0 Å². The predicted molar refractivity (Wildman–Crippen MR) is 67.7 cm³/mol. The van der Waals surface area contributed by atoms with Gasteiger partial charge in [-0.3, -0.25) is 11.7 Å². The Labute approximate surface area is 99.0 Å². The van der Waals surface area contributed by atoms with Gasteiger partial charge in [0.1, 0.15) is 0 Å². The van der Waals surface area contributed by atoms with E-state index < -0.39 is 0 Å². The molecule has 0 aromatic carbocycles. The van der Waals surface area contributed by atoms with Gasteiger partial charge in [0.25, 0.3) is 0 Å².